The summed E-state index contributed by atoms with van der Waals surface area (Å²) in [7, 11) is -1.80. The van der Waals surface area contributed by atoms with Gasteiger partial charge in [0.1, 0.15) is 11.9 Å². The zero-order valence-corrected chi connectivity index (χ0v) is 13.1. The number of hydrogen-bond donors (Lipinski definition) is 1. The van der Waals surface area contributed by atoms with Gasteiger partial charge in [0, 0.05) is 13.2 Å². The number of nitrogens with zero attached hydrogens (tertiary/aromatic N) is 3. The van der Waals surface area contributed by atoms with Crippen molar-refractivity contribution in [3.05, 3.63) is 53.7 Å². The van der Waals surface area contributed by atoms with Crippen molar-refractivity contribution < 1.29 is 8.42 Å². The highest BCUT2D eigenvalue weighted by Gasteiger charge is 2.15. The summed E-state index contributed by atoms with van der Waals surface area (Å²) in [6.45, 7) is 1.98. The average Bonchev–Trinajstić information content (AvgIpc) is 2.53. The van der Waals surface area contributed by atoms with E-state index in [1.165, 1.54) is 18.3 Å². The van der Waals surface area contributed by atoms with Crippen molar-refractivity contribution in [2.24, 2.45) is 5.14 Å². The highest BCUT2D eigenvalue weighted by atomic mass is 32.2. The van der Waals surface area contributed by atoms with Gasteiger partial charge in [-0.15, -0.1) is 0 Å². The van der Waals surface area contributed by atoms with Crippen LogP contribution in [0.15, 0.2) is 47.5 Å². The van der Waals surface area contributed by atoms with E-state index in [1.54, 1.807) is 24.3 Å². The number of nitrogens with two attached hydrogens (primary N) is 1. The van der Waals surface area contributed by atoms with Gasteiger partial charge in [-0.2, -0.15) is 5.26 Å². The summed E-state index contributed by atoms with van der Waals surface area (Å²) in [6, 6.07) is 11.9. The lowest BCUT2D eigenvalue weighted by Gasteiger charge is -2.26. The molecule has 2 N–H and O–H groups in total. The number of pyridine rings is 1. The van der Waals surface area contributed by atoms with Crippen molar-refractivity contribution in [1.82, 2.24) is 4.98 Å². The fourth-order valence-corrected chi connectivity index (χ4v) is 2.53. The first-order valence-electron chi connectivity index (χ1n) is 6.54. The van der Waals surface area contributed by atoms with E-state index in [2.05, 4.69) is 4.98 Å². The number of hydrogen-bond acceptors (Lipinski definition) is 5. The van der Waals surface area contributed by atoms with Gasteiger partial charge < -0.3 is 4.90 Å². The van der Waals surface area contributed by atoms with Gasteiger partial charge in [0.15, 0.2) is 0 Å². The number of nitriles is 1. The Labute approximate surface area is 129 Å². The highest BCUT2D eigenvalue weighted by Crippen LogP contribution is 2.24. The molecule has 114 valence electrons. The fraction of sp³-hybridized carbons (Fsp3) is 0.200. The maximum Gasteiger partial charge on any atom is 0.238 e. The van der Waals surface area contributed by atoms with E-state index in [9.17, 15) is 8.42 Å². The highest BCUT2D eigenvalue weighted by molar-refractivity contribution is 7.89. The van der Waals surface area contributed by atoms with Crippen LogP contribution in [0.25, 0.3) is 0 Å². The maximum absolute atomic E-state index is 11.3. The van der Waals surface area contributed by atoms with E-state index in [0.29, 0.717) is 5.56 Å². The Morgan fingerprint density at radius 2 is 1.86 bits per heavy atom. The van der Waals surface area contributed by atoms with Gasteiger partial charge in [-0.25, -0.2) is 18.5 Å². The Kier molecular flexibility index (Phi) is 4.45. The molecular weight excluding hydrogens is 300 g/mol. The third kappa shape index (κ3) is 3.42. The lowest BCUT2D eigenvalue weighted by molar-refractivity contribution is 0.597. The Bertz CT molecular complexity index is 793. The predicted octanol–water partition coefficient (Wildman–Crippen LogP) is 1.80. The molecule has 0 aliphatic rings. The Hall–Kier alpha value is -2.43. The minimum atomic E-state index is -3.68. The van der Waals surface area contributed by atoms with Crippen molar-refractivity contribution in [2.75, 3.05) is 11.9 Å². The third-order valence-corrected chi connectivity index (χ3v) is 4.44. The molecule has 0 unspecified atom stereocenters. The molecule has 0 radical (unpaired) electrons. The number of sulfonamides is 1. The molecule has 0 aliphatic carbocycles. The Balaban J connectivity index is 2.23. The van der Waals surface area contributed by atoms with Crippen LogP contribution < -0.4 is 10.0 Å². The smallest absolute Gasteiger partial charge is 0.238 e. The monoisotopic (exact) mass is 316 g/mol. The molecule has 2 rings (SSSR count). The molecule has 1 heterocycles. The van der Waals surface area contributed by atoms with Gasteiger partial charge in [-0.05, 0) is 36.8 Å². The number of rotatable bonds is 4. The first-order valence-corrected chi connectivity index (χ1v) is 8.09. The summed E-state index contributed by atoms with van der Waals surface area (Å²) >= 11 is 0. The summed E-state index contributed by atoms with van der Waals surface area (Å²) in [6.07, 6.45) is 1.52. The predicted molar refractivity (Wildman–Crippen MR) is 83.6 cm³/mol. The zero-order chi connectivity index (χ0) is 16.3. The molecule has 1 aromatic carbocycles. The second-order valence-corrected chi connectivity index (χ2v) is 6.48. The first kappa shape index (κ1) is 15.9. The maximum atomic E-state index is 11.3. The molecule has 0 bridgehead atoms. The van der Waals surface area contributed by atoms with E-state index in [4.69, 9.17) is 10.4 Å². The molecule has 6 nitrogen and oxygen atoms in total. The van der Waals surface area contributed by atoms with E-state index in [1.807, 2.05) is 24.9 Å². The van der Waals surface area contributed by atoms with Gasteiger partial charge >= 0.3 is 0 Å². The lowest BCUT2D eigenvalue weighted by Crippen LogP contribution is -2.22. The van der Waals surface area contributed by atoms with Crippen molar-refractivity contribution in [2.45, 2.75) is 17.9 Å². The van der Waals surface area contributed by atoms with Crippen LogP contribution in [0.4, 0.5) is 5.82 Å². The molecule has 2 aromatic rings. The van der Waals surface area contributed by atoms with Crippen molar-refractivity contribution in [1.29, 1.82) is 5.26 Å². The number of anilines is 1. The number of primary sulfonamides is 1. The molecule has 0 aliphatic heterocycles. The van der Waals surface area contributed by atoms with Crippen LogP contribution in [0.3, 0.4) is 0 Å². The van der Waals surface area contributed by atoms with E-state index in [0.717, 1.165) is 11.4 Å². The van der Waals surface area contributed by atoms with Gasteiger partial charge in [0.2, 0.25) is 10.0 Å². The summed E-state index contributed by atoms with van der Waals surface area (Å²) < 4.78 is 22.5. The summed E-state index contributed by atoms with van der Waals surface area (Å²) in [5.41, 5.74) is 1.43. The van der Waals surface area contributed by atoms with Crippen LogP contribution in [0.2, 0.25) is 0 Å². The number of aromatic nitrogens is 1. The van der Waals surface area contributed by atoms with Crippen LogP contribution in [0, 0.1) is 11.3 Å². The topological polar surface area (TPSA) is 100 Å². The van der Waals surface area contributed by atoms with Gasteiger partial charge in [-0.1, -0.05) is 12.1 Å². The first-order chi connectivity index (χ1) is 10.3. The van der Waals surface area contributed by atoms with Crippen LogP contribution >= 0.6 is 0 Å². The number of benzene rings is 1. The largest absolute Gasteiger partial charge is 0.353 e. The Morgan fingerprint density at radius 1 is 1.23 bits per heavy atom. The minimum absolute atomic E-state index is 0.0186. The molecule has 1 atom stereocenters. The molecule has 7 heteroatoms. The second kappa shape index (κ2) is 6.13. The molecule has 0 saturated heterocycles. The quantitative estimate of drug-likeness (QED) is 0.927. The molecular formula is C15H16N4O2S. The van der Waals surface area contributed by atoms with Crippen molar-refractivity contribution in [3.8, 4) is 6.07 Å². The minimum Gasteiger partial charge on any atom is -0.353 e. The molecule has 1 aromatic heterocycles. The van der Waals surface area contributed by atoms with Crippen LogP contribution in [-0.4, -0.2) is 20.4 Å². The molecule has 0 amide bonds. The molecule has 0 saturated carbocycles. The van der Waals surface area contributed by atoms with Crippen LogP contribution in [0.5, 0.6) is 0 Å². The van der Waals surface area contributed by atoms with E-state index >= 15 is 0 Å². The Morgan fingerprint density at radius 3 is 2.32 bits per heavy atom. The van der Waals surface area contributed by atoms with E-state index < -0.39 is 10.0 Å². The normalized spacial score (nSPS) is 12.5. The standard InChI is InChI=1S/C15H16N4O2S/c1-11(13-4-6-14(7-5-13)22(17,20)21)19(2)15-8-3-12(9-16)10-18-15/h3-8,10-11H,1-2H3,(H2,17,20,21)/t11-/m0/s1. The van der Waals surface area contributed by atoms with Crippen LogP contribution in [-0.2, 0) is 10.0 Å². The van der Waals surface area contributed by atoms with Crippen LogP contribution in [0.1, 0.15) is 24.1 Å². The summed E-state index contributed by atoms with van der Waals surface area (Å²) in [5.74, 6) is 0.724. The zero-order valence-electron chi connectivity index (χ0n) is 12.3. The summed E-state index contributed by atoms with van der Waals surface area (Å²) in [4.78, 5) is 6.26. The molecule has 0 spiro atoms. The fourth-order valence-electron chi connectivity index (χ4n) is 2.02. The van der Waals surface area contributed by atoms with Crippen molar-refractivity contribution in [3.63, 3.8) is 0 Å². The SMILES string of the molecule is C[C@@H](c1ccc(S(N)(=O)=O)cc1)N(C)c1ccc(C#N)cn1. The van der Waals surface area contributed by atoms with E-state index in [-0.39, 0.29) is 10.9 Å². The van der Waals surface area contributed by atoms with Gasteiger partial charge in [0.05, 0.1) is 16.5 Å². The average molecular weight is 316 g/mol. The van der Waals surface area contributed by atoms with Gasteiger partial charge in [-0.3, -0.25) is 0 Å². The molecule has 0 fully saturated rings. The summed E-state index contributed by atoms with van der Waals surface area (Å²) in [5, 5.41) is 13.9. The third-order valence-electron chi connectivity index (χ3n) is 3.51. The van der Waals surface area contributed by atoms with Gasteiger partial charge in [0.25, 0.3) is 0 Å². The van der Waals surface area contributed by atoms with Crippen molar-refractivity contribution >= 4 is 15.8 Å². The second-order valence-electron chi connectivity index (χ2n) is 4.92. The molecule has 22 heavy (non-hydrogen) atoms. The lowest BCUT2D eigenvalue weighted by atomic mass is 10.1.